The molecule has 1 unspecified atom stereocenters. The van der Waals surface area contributed by atoms with E-state index in [2.05, 4.69) is 0 Å². The van der Waals surface area contributed by atoms with E-state index in [-0.39, 0.29) is 12.5 Å². The molecule has 0 fully saturated rings. The minimum absolute atomic E-state index is 0.170. The van der Waals surface area contributed by atoms with Crippen molar-refractivity contribution >= 4 is 5.97 Å². The van der Waals surface area contributed by atoms with E-state index in [1.165, 1.54) is 4.90 Å². The van der Waals surface area contributed by atoms with Gasteiger partial charge in [0.15, 0.2) is 0 Å². The first-order valence-corrected chi connectivity index (χ1v) is 6.28. The van der Waals surface area contributed by atoms with Crippen LogP contribution in [0.4, 0.5) is 13.2 Å². The molecular formula is C12H22F3NO2. The average Bonchev–Trinajstić information content (AvgIpc) is 2.27. The van der Waals surface area contributed by atoms with E-state index in [1.807, 2.05) is 13.8 Å². The summed E-state index contributed by atoms with van der Waals surface area (Å²) in [5, 5.41) is 8.61. The highest BCUT2D eigenvalue weighted by molar-refractivity contribution is 5.67. The van der Waals surface area contributed by atoms with Gasteiger partial charge in [-0.05, 0) is 12.5 Å². The number of nitrogens with zero attached hydrogens (tertiary/aromatic N) is 1. The second kappa shape index (κ2) is 7.61. The fourth-order valence-corrected chi connectivity index (χ4v) is 1.97. The number of rotatable bonds is 8. The van der Waals surface area contributed by atoms with Crippen LogP contribution in [0.3, 0.4) is 0 Å². The molecule has 0 bridgehead atoms. The summed E-state index contributed by atoms with van der Waals surface area (Å²) in [6, 6.07) is -1.89. The quantitative estimate of drug-likeness (QED) is 0.736. The largest absolute Gasteiger partial charge is 0.481 e. The molecule has 0 radical (unpaired) electrons. The summed E-state index contributed by atoms with van der Waals surface area (Å²) in [6.07, 6.45) is -3.80. The van der Waals surface area contributed by atoms with Gasteiger partial charge in [0.2, 0.25) is 0 Å². The topological polar surface area (TPSA) is 40.5 Å². The summed E-state index contributed by atoms with van der Waals surface area (Å²) in [6.45, 7) is 5.99. The van der Waals surface area contributed by atoms with Gasteiger partial charge >= 0.3 is 12.1 Å². The third-order valence-corrected chi connectivity index (χ3v) is 3.24. The third-order valence-electron chi connectivity index (χ3n) is 3.24. The van der Waals surface area contributed by atoms with Crippen molar-refractivity contribution in [1.82, 2.24) is 4.90 Å². The molecule has 0 saturated carbocycles. The Morgan fingerprint density at radius 1 is 1.22 bits per heavy atom. The number of hydrogen-bond acceptors (Lipinski definition) is 2. The van der Waals surface area contributed by atoms with Gasteiger partial charge in [-0.15, -0.1) is 0 Å². The molecule has 0 aliphatic heterocycles. The van der Waals surface area contributed by atoms with Crippen molar-refractivity contribution in [3.63, 3.8) is 0 Å². The first kappa shape index (κ1) is 17.2. The van der Waals surface area contributed by atoms with E-state index in [1.54, 1.807) is 6.92 Å². The molecular weight excluding hydrogens is 247 g/mol. The molecule has 0 amide bonds. The van der Waals surface area contributed by atoms with Gasteiger partial charge in [-0.2, -0.15) is 13.2 Å². The van der Waals surface area contributed by atoms with Crippen molar-refractivity contribution in [2.75, 3.05) is 13.1 Å². The van der Waals surface area contributed by atoms with Crippen LogP contribution in [0, 0.1) is 5.92 Å². The van der Waals surface area contributed by atoms with Crippen molar-refractivity contribution in [3.8, 4) is 0 Å². The molecule has 6 heteroatoms. The molecule has 1 N–H and O–H groups in total. The number of hydrogen-bond donors (Lipinski definition) is 1. The van der Waals surface area contributed by atoms with Gasteiger partial charge in [-0.1, -0.05) is 33.6 Å². The van der Waals surface area contributed by atoms with E-state index >= 15 is 0 Å². The molecule has 108 valence electrons. The van der Waals surface area contributed by atoms with Crippen molar-refractivity contribution in [2.45, 2.75) is 52.3 Å². The lowest BCUT2D eigenvalue weighted by Crippen LogP contribution is -2.48. The fourth-order valence-electron chi connectivity index (χ4n) is 1.97. The summed E-state index contributed by atoms with van der Waals surface area (Å²) < 4.78 is 38.6. The fraction of sp³-hybridized carbons (Fsp3) is 0.917. The Kier molecular flexibility index (Phi) is 7.28. The van der Waals surface area contributed by atoms with Crippen LogP contribution in [0.1, 0.15) is 40.0 Å². The summed E-state index contributed by atoms with van der Waals surface area (Å²) in [7, 11) is 0. The first-order valence-electron chi connectivity index (χ1n) is 6.28. The zero-order valence-electron chi connectivity index (χ0n) is 11.1. The van der Waals surface area contributed by atoms with Crippen LogP contribution in [0.2, 0.25) is 0 Å². The highest BCUT2D eigenvalue weighted by Crippen LogP contribution is 2.28. The molecule has 18 heavy (non-hydrogen) atoms. The van der Waals surface area contributed by atoms with Gasteiger partial charge in [0.05, 0.1) is 6.42 Å². The molecule has 0 aromatic rings. The second-order valence-electron chi connectivity index (χ2n) is 4.43. The zero-order valence-corrected chi connectivity index (χ0v) is 11.1. The van der Waals surface area contributed by atoms with E-state index in [4.69, 9.17) is 5.11 Å². The summed E-state index contributed by atoms with van der Waals surface area (Å²) in [5.41, 5.74) is 0. The maximum atomic E-state index is 12.9. The third kappa shape index (κ3) is 5.71. The summed E-state index contributed by atoms with van der Waals surface area (Å²) in [4.78, 5) is 11.8. The maximum Gasteiger partial charge on any atom is 0.404 e. The predicted octanol–water partition coefficient (Wildman–Crippen LogP) is 3.15. The van der Waals surface area contributed by atoms with Gasteiger partial charge in [0, 0.05) is 6.54 Å². The van der Waals surface area contributed by atoms with Gasteiger partial charge in [-0.3, -0.25) is 9.69 Å². The van der Waals surface area contributed by atoms with E-state index in [0.717, 1.165) is 12.8 Å². The lowest BCUT2D eigenvalue weighted by Gasteiger charge is -2.33. The SMILES string of the molecule is CCC(CC)CN(CC)C(CC(=O)O)C(F)(F)F. The molecule has 1 atom stereocenters. The molecule has 0 aromatic heterocycles. The van der Waals surface area contributed by atoms with Gasteiger partial charge in [0.25, 0.3) is 0 Å². The number of carboxylic acid groups (broad SMARTS) is 1. The molecule has 0 heterocycles. The molecule has 0 aliphatic rings. The van der Waals surface area contributed by atoms with E-state index < -0.39 is 24.6 Å². The average molecular weight is 269 g/mol. The second-order valence-corrected chi connectivity index (χ2v) is 4.43. The smallest absolute Gasteiger partial charge is 0.404 e. The van der Waals surface area contributed by atoms with E-state index in [0.29, 0.717) is 6.54 Å². The Hall–Kier alpha value is -0.780. The van der Waals surface area contributed by atoms with Crippen molar-refractivity contribution < 1.29 is 23.1 Å². The Labute approximate surface area is 106 Å². The minimum atomic E-state index is -4.50. The van der Waals surface area contributed by atoms with Crippen molar-refractivity contribution in [2.24, 2.45) is 5.92 Å². The van der Waals surface area contributed by atoms with Crippen LogP contribution in [0.5, 0.6) is 0 Å². The Balaban J connectivity index is 4.86. The summed E-state index contributed by atoms with van der Waals surface area (Å²) in [5.74, 6) is -1.25. The lowest BCUT2D eigenvalue weighted by atomic mass is 10.0. The predicted molar refractivity (Wildman–Crippen MR) is 63.4 cm³/mol. The monoisotopic (exact) mass is 269 g/mol. The van der Waals surface area contributed by atoms with Crippen LogP contribution < -0.4 is 0 Å². The van der Waals surface area contributed by atoms with Crippen molar-refractivity contribution in [1.29, 1.82) is 0 Å². The van der Waals surface area contributed by atoms with E-state index in [9.17, 15) is 18.0 Å². The number of carboxylic acids is 1. The van der Waals surface area contributed by atoms with Crippen LogP contribution >= 0.6 is 0 Å². The van der Waals surface area contributed by atoms with Crippen LogP contribution in [-0.2, 0) is 4.79 Å². The van der Waals surface area contributed by atoms with Gasteiger partial charge in [0.1, 0.15) is 6.04 Å². The minimum Gasteiger partial charge on any atom is -0.481 e. The maximum absolute atomic E-state index is 12.9. The molecule has 0 aromatic carbocycles. The number of aliphatic carboxylic acids is 1. The number of carbonyl (C=O) groups is 1. The Bertz CT molecular complexity index is 252. The molecule has 0 aliphatic carbocycles. The Morgan fingerprint density at radius 3 is 2.00 bits per heavy atom. The lowest BCUT2D eigenvalue weighted by molar-refractivity contribution is -0.191. The standard InChI is InChI=1S/C12H22F3NO2/c1-4-9(5-2)8-16(6-3)10(7-11(17)18)12(13,14)15/h9-10H,4-8H2,1-3H3,(H,17,18). The van der Waals surface area contributed by atoms with Crippen LogP contribution in [0.25, 0.3) is 0 Å². The Morgan fingerprint density at radius 2 is 1.72 bits per heavy atom. The first-order chi connectivity index (χ1) is 8.26. The molecule has 3 nitrogen and oxygen atoms in total. The molecule has 0 saturated heterocycles. The molecule has 0 rings (SSSR count). The summed E-state index contributed by atoms with van der Waals surface area (Å²) >= 11 is 0. The van der Waals surface area contributed by atoms with Crippen LogP contribution in [0.15, 0.2) is 0 Å². The number of halogens is 3. The van der Waals surface area contributed by atoms with Crippen molar-refractivity contribution in [3.05, 3.63) is 0 Å². The molecule has 0 spiro atoms. The van der Waals surface area contributed by atoms with Gasteiger partial charge < -0.3 is 5.11 Å². The normalized spacial score (nSPS) is 14.2. The highest BCUT2D eigenvalue weighted by Gasteiger charge is 2.44. The number of alkyl halides is 3. The highest BCUT2D eigenvalue weighted by atomic mass is 19.4. The zero-order chi connectivity index (χ0) is 14.3. The van der Waals surface area contributed by atoms with Gasteiger partial charge in [-0.25, -0.2) is 0 Å². The van der Waals surface area contributed by atoms with Crippen LogP contribution in [-0.4, -0.2) is 41.3 Å².